The Morgan fingerprint density at radius 1 is 1.33 bits per heavy atom. The number of aromatic amines is 1. The van der Waals surface area contributed by atoms with E-state index < -0.39 is 53.9 Å². The van der Waals surface area contributed by atoms with E-state index in [4.69, 9.17) is 15.2 Å². The molecule has 1 aliphatic rings. The first-order chi connectivity index (χ1) is 14.3. The minimum Gasteiger partial charge on any atom is -0.462 e. The molecule has 1 aromatic heterocycles. The van der Waals surface area contributed by atoms with Crippen molar-refractivity contribution in [2.24, 2.45) is 5.73 Å². The van der Waals surface area contributed by atoms with E-state index in [-0.39, 0.29) is 6.42 Å². The normalized spacial score (nSPS) is 26.7. The topological polar surface area (TPSA) is 181 Å². The largest absolute Gasteiger partial charge is 0.462 e. The molecule has 0 radical (unpaired) electrons. The summed E-state index contributed by atoms with van der Waals surface area (Å²) in [4.78, 5) is 37.4. The zero-order valence-electron chi connectivity index (χ0n) is 15.7. The molecule has 0 spiro atoms. The van der Waals surface area contributed by atoms with Crippen LogP contribution in [0.5, 0.6) is 0 Å². The summed E-state index contributed by atoms with van der Waals surface area (Å²) >= 11 is 0. The highest BCUT2D eigenvalue weighted by Crippen LogP contribution is 2.34. The predicted molar refractivity (Wildman–Crippen MR) is 101 cm³/mol. The fraction of sp³-hybridized carbons (Fsp3) is 0.368. The average molecular weight is 416 g/mol. The van der Waals surface area contributed by atoms with Crippen LogP contribution < -0.4 is 17.0 Å². The van der Waals surface area contributed by atoms with Gasteiger partial charge in [0, 0.05) is 12.3 Å². The SMILES string of the molecule is N#C[C@@]1(n2ccc(=O)[nH]c2=O)O[C@H](COC(=O)[C@@H](N)Cc2ccccc2)C(O)C1O. The quantitative estimate of drug-likeness (QED) is 0.385. The number of hydrogen-bond acceptors (Lipinski definition) is 9. The van der Waals surface area contributed by atoms with Gasteiger partial charge < -0.3 is 25.4 Å². The summed E-state index contributed by atoms with van der Waals surface area (Å²) in [6.45, 7) is -0.513. The molecule has 0 aliphatic carbocycles. The van der Waals surface area contributed by atoms with Crippen molar-refractivity contribution in [2.45, 2.75) is 36.5 Å². The number of nitrogens with one attached hydrogen (secondary N) is 1. The number of carbonyl (C=O) groups is 1. The molecule has 2 aromatic rings. The van der Waals surface area contributed by atoms with Crippen LogP contribution in [0.4, 0.5) is 0 Å². The molecule has 11 nitrogen and oxygen atoms in total. The number of aromatic nitrogens is 2. The maximum absolute atomic E-state index is 12.2. The molecule has 11 heteroatoms. The summed E-state index contributed by atoms with van der Waals surface area (Å²) in [7, 11) is 0. The summed E-state index contributed by atoms with van der Waals surface area (Å²) in [6.07, 6.45) is -3.63. The Hall–Kier alpha value is -3.30. The number of ether oxygens (including phenoxy) is 2. The number of carbonyl (C=O) groups excluding carboxylic acids is 1. The van der Waals surface area contributed by atoms with Gasteiger partial charge in [0.15, 0.2) is 0 Å². The van der Waals surface area contributed by atoms with Crippen LogP contribution in [-0.2, 0) is 26.4 Å². The number of aliphatic hydroxyl groups excluding tert-OH is 2. The average Bonchev–Trinajstić information content (AvgIpc) is 2.98. The Labute approximate surface area is 169 Å². The molecule has 1 fully saturated rings. The highest BCUT2D eigenvalue weighted by Gasteiger charge is 2.57. The third kappa shape index (κ3) is 4.03. The van der Waals surface area contributed by atoms with Crippen LogP contribution in [0.25, 0.3) is 0 Å². The second-order valence-corrected chi connectivity index (χ2v) is 6.81. The Balaban J connectivity index is 1.70. The number of H-pyrrole nitrogens is 1. The second-order valence-electron chi connectivity index (χ2n) is 6.81. The number of rotatable bonds is 6. The number of nitrogens with two attached hydrogens (primary N) is 1. The molecule has 0 saturated carbocycles. The third-order valence-electron chi connectivity index (χ3n) is 4.77. The molecule has 0 bridgehead atoms. The number of benzene rings is 1. The van der Waals surface area contributed by atoms with Crippen molar-refractivity contribution in [3.05, 3.63) is 69.0 Å². The minimum atomic E-state index is -2.32. The lowest BCUT2D eigenvalue weighted by molar-refractivity contribution is -0.155. The van der Waals surface area contributed by atoms with Crippen molar-refractivity contribution in [2.75, 3.05) is 6.61 Å². The van der Waals surface area contributed by atoms with Crippen molar-refractivity contribution >= 4 is 5.97 Å². The van der Waals surface area contributed by atoms with E-state index in [2.05, 4.69) is 0 Å². The van der Waals surface area contributed by atoms with Crippen LogP contribution in [0.3, 0.4) is 0 Å². The van der Waals surface area contributed by atoms with Gasteiger partial charge in [0.25, 0.3) is 11.3 Å². The number of nitriles is 1. The van der Waals surface area contributed by atoms with Crippen LogP contribution in [0, 0.1) is 11.3 Å². The van der Waals surface area contributed by atoms with Crippen LogP contribution in [-0.4, -0.2) is 56.7 Å². The first-order valence-electron chi connectivity index (χ1n) is 9.02. The number of esters is 1. The standard InChI is InChI=1S/C19H20N4O7/c20-10-19(23-7-6-14(24)22-18(23)28)16(26)15(25)13(30-19)9-29-17(27)12(21)8-11-4-2-1-3-5-11/h1-7,12-13,15-16,25-26H,8-9,21H2,(H,22,24,28)/t12-,13+,15?,16?,19+/m0/s1. The maximum atomic E-state index is 12.2. The molecule has 5 atom stereocenters. The van der Waals surface area contributed by atoms with Gasteiger partial charge in [-0.05, 0) is 12.0 Å². The Bertz CT molecular complexity index is 1060. The van der Waals surface area contributed by atoms with Crippen LogP contribution in [0.2, 0.25) is 0 Å². The van der Waals surface area contributed by atoms with Gasteiger partial charge in [0.1, 0.15) is 37.0 Å². The van der Waals surface area contributed by atoms with Crippen molar-refractivity contribution in [3.8, 4) is 6.07 Å². The lowest BCUT2D eigenvalue weighted by Gasteiger charge is -2.26. The van der Waals surface area contributed by atoms with Gasteiger partial charge in [-0.25, -0.2) is 4.79 Å². The lowest BCUT2D eigenvalue weighted by atomic mass is 10.0. The Morgan fingerprint density at radius 2 is 2.03 bits per heavy atom. The molecule has 158 valence electrons. The first kappa shape index (κ1) is 21.4. The van der Waals surface area contributed by atoms with E-state index in [0.717, 1.165) is 17.8 Å². The Morgan fingerprint density at radius 3 is 2.67 bits per heavy atom. The smallest absolute Gasteiger partial charge is 0.331 e. The van der Waals surface area contributed by atoms with Gasteiger partial charge in [-0.3, -0.25) is 19.1 Å². The molecule has 0 amide bonds. The van der Waals surface area contributed by atoms with E-state index in [9.17, 15) is 29.9 Å². The molecule has 5 N–H and O–H groups in total. The minimum absolute atomic E-state index is 0.227. The number of nitrogens with zero attached hydrogens (tertiary/aromatic N) is 2. The third-order valence-corrected chi connectivity index (χ3v) is 4.77. The molecule has 1 aliphatic heterocycles. The number of aliphatic hydroxyl groups is 2. The van der Waals surface area contributed by atoms with E-state index in [0.29, 0.717) is 4.57 Å². The summed E-state index contributed by atoms with van der Waals surface area (Å²) in [5.41, 5.74) is 2.63. The molecule has 30 heavy (non-hydrogen) atoms. The number of hydrogen-bond donors (Lipinski definition) is 4. The van der Waals surface area contributed by atoms with Crippen molar-refractivity contribution in [1.82, 2.24) is 9.55 Å². The van der Waals surface area contributed by atoms with Gasteiger partial charge in [-0.1, -0.05) is 30.3 Å². The van der Waals surface area contributed by atoms with Gasteiger partial charge >= 0.3 is 11.7 Å². The van der Waals surface area contributed by atoms with Crippen molar-refractivity contribution in [3.63, 3.8) is 0 Å². The zero-order chi connectivity index (χ0) is 21.9. The zero-order valence-corrected chi connectivity index (χ0v) is 15.7. The highest BCUT2D eigenvalue weighted by atomic mass is 16.6. The van der Waals surface area contributed by atoms with Crippen LogP contribution in [0.15, 0.2) is 52.2 Å². The fourth-order valence-corrected chi connectivity index (χ4v) is 3.18. The van der Waals surface area contributed by atoms with Crippen molar-refractivity contribution < 1.29 is 24.5 Å². The maximum Gasteiger partial charge on any atom is 0.331 e. The monoisotopic (exact) mass is 416 g/mol. The molecule has 3 rings (SSSR count). The molecule has 2 heterocycles. The van der Waals surface area contributed by atoms with Crippen molar-refractivity contribution in [1.29, 1.82) is 5.26 Å². The summed E-state index contributed by atoms with van der Waals surface area (Å²) in [5.74, 6) is -0.764. The van der Waals surface area contributed by atoms with E-state index in [1.54, 1.807) is 30.3 Å². The lowest BCUT2D eigenvalue weighted by Crippen LogP contribution is -2.50. The Kier molecular flexibility index (Phi) is 6.14. The molecular formula is C19H20N4O7. The van der Waals surface area contributed by atoms with Crippen LogP contribution in [0.1, 0.15) is 5.56 Å². The van der Waals surface area contributed by atoms with E-state index in [1.807, 2.05) is 11.1 Å². The molecule has 1 saturated heterocycles. The molecule has 2 unspecified atom stereocenters. The van der Waals surface area contributed by atoms with E-state index >= 15 is 0 Å². The summed E-state index contributed by atoms with van der Waals surface area (Å²) in [6, 6.07) is 10.7. The first-order valence-corrected chi connectivity index (χ1v) is 9.02. The fourth-order valence-electron chi connectivity index (χ4n) is 3.18. The van der Waals surface area contributed by atoms with Gasteiger partial charge in [0.05, 0.1) is 0 Å². The summed E-state index contributed by atoms with van der Waals surface area (Å²) in [5, 5.41) is 30.2. The molecule has 1 aromatic carbocycles. The van der Waals surface area contributed by atoms with Gasteiger partial charge in [0.2, 0.25) is 0 Å². The molecular weight excluding hydrogens is 396 g/mol. The summed E-state index contributed by atoms with van der Waals surface area (Å²) < 4.78 is 11.2. The predicted octanol–water partition coefficient (Wildman–Crippen LogP) is -2.05. The van der Waals surface area contributed by atoms with Gasteiger partial charge in [-0.15, -0.1) is 0 Å². The van der Waals surface area contributed by atoms with Gasteiger partial charge in [-0.2, -0.15) is 5.26 Å². The second kappa shape index (κ2) is 8.60. The van der Waals surface area contributed by atoms with Crippen LogP contribution >= 0.6 is 0 Å². The van der Waals surface area contributed by atoms with E-state index in [1.165, 1.54) is 0 Å². The highest BCUT2D eigenvalue weighted by molar-refractivity contribution is 5.75.